The molecule has 1 aliphatic rings. The van der Waals surface area contributed by atoms with E-state index in [0.29, 0.717) is 17.9 Å². The average Bonchev–Trinajstić information content (AvgIpc) is 2.64. The van der Waals surface area contributed by atoms with E-state index in [1.807, 2.05) is 12.1 Å². The molecule has 0 aliphatic carbocycles. The summed E-state index contributed by atoms with van der Waals surface area (Å²) in [5, 5.41) is 2.99. The largest absolute Gasteiger partial charge is 0.397 e. The highest BCUT2D eigenvalue weighted by Crippen LogP contribution is 2.13. The molecule has 0 spiro atoms. The number of ether oxygens (including phenoxy) is 1. The molecule has 1 fully saturated rings. The number of nitrogens with one attached hydrogen (secondary N) is 1. The van der Waals surface area contributed by atoms with Gasteiger partial charge in [0.1, 0.15) is 0 Å². The molecule has 148 valence electrons. The number of carbonyl (C=O) groups excluding carboxylic acids is 1. The number of rotatable bonds is 6. The average molecular weight is 413 g/mol. The van der Waals surface area contributed by atoms with Crippen molar-refractivity contribution in [3.05, 3.63) is 59.4 Å². The third-order valence-corrected chi connectivity index (χ3v) is 4.28. The summed E-state index contributed by atoms with van der Waals surface area (Å²) < 4.78 is 5.40. The molecule has 8 heteroatoms. The number of anilines is 1. The summed E-state index contributed by atoms with van der Waals surface area (Å²) >= 11 is 0. The van der Waals surface area contributed by atoms with Gasteiger partial charge in [0.25, 0.3) is 0 Å². The number of morpholine rings is 1. The number of halogens is 2. The quantitative estimate of drug-likeness (QED) is 0.759. The summed E-state index contributed by atoms with van der Waals surface area (Å²) in [5.74, 6) is -0.0431. The number of nitrogens with two attached hydrogens (primary N) is 1. The van der Waals surface area contributed by atoms with Crippen molar-refractivity contribution >= 4 is 36.4 Å². The van der Waals surface area contributed by atoms with Crippen molar-refractivity contribution in [3.8, 4) is 0 Å². The summed E-state index contributed by atoms with van der Waals surface area (Å²) in [5.41, 5.74) is 9.32. The lowest BCUT2D eigenvalue weighted by Gasteiger charge is -2.27. The molecule has 1 aliphatic heterocycles. The Kier molecular flexibility index (Phi) is 10.1. The molecule has 2 aromatic rings. The molecule has 0 radical (unpaired) electrons. The predicted molar refractivity (Wildman–Crippen MR) is 111 cm³/mol. The normalized spacial score (nSPS) is 13.9. The Bertz CT molecular complexity index is 707. The number of nitrogen functional groups attached to an aromatic ring is 1. The Hall–Kier alpha value is -1.86. The van der Waals surface area contributed by atoms with Gasteiger partial charge < -0.3 is 15.8 Å². The maximum atomic E-state index is 12.2. The van der Waals surface area contributed by atoms with E-state index in [-0.39, 0.29) is 37.1 Å². The zero-order valence-corrected chi connectivity index (χ0v) is 16.7. The van der Waals surface area contributed by atoms with E-state index in [1.165, 1.54) is 5.56 Å². The molecular formula is C19H26Cl2N4O2. The van der Waals surface area contributed by atoms with Crippen LogP contribution in [0, 0.1) is 0 Å². The van der Waals surface area contributed by atoms with Crippen LogP contribution in [0.3, 0.4) is 0 Å². The topological polar surface area (TPSA) is 80.5 Å². The van der Waals surface area contributed by atoms with Gasteiger partial charge in [-0.2, -0.15) is 0 Å². The van der Waals surface area contributed by atoms with Crippen LogP contribution >= 0.6 is 24.8 Å². The van der Waals surface area contributed by atoms with Crippen LogP contribution < -0.4 is 11.1 Å². The minimum atomic E-state index is -0.0431. The molecule has 3 N–H and O–H groups in total. The first-order valence-corrected chi connectivity index (χ1v) is 8.55. The van der Waals surface area contributed by atoms with Gasteiger partial charge in [0, 0.05) is 31.9 Å². The standard InChI is InChI=1S/C19H24N4O2.2ClH/c20-17-5-6-18(21-13-17)11-19(24)22-12-15-3-1-2-4-16(15)14-23-7-9-25-10-8-23;;/h1-6,13H,7-12,14,20H2,(H,22,24);2*1H. The van der Waals surface area contributed by atoms with Gasteiger partial charge in [-0.05, 0) is 23.3 Å². The maximum Gasteiger partial charge on any atom is 0.226 e. The highest BCUT2D eigenvalue weighted by Gasteiger charge is 2.13. The molecule has 6 nitrogen and oxygen atoms in total. The minimum absolute atomic E-state index is 0. The second-order valence-electron chi connectivity index (χ2n) is 6.19. The van der Waals surface area contributed by atoms with E-state index in [0.717, 1.165) is 38.4 Å². The fourth-order valence-electron chi connectivity index (χ4n) is 2.85. The molecule has 0 bridgehead atoms. The number of amides is 1. The van der Waals surface area contributed by atoms with Crippen LogP contribution in [0.2, 0.25) is 0 Å². The number of pyridine rings is 1. The maximum absolute atomic E-state index is 12.2. The Morgan fingerprint density at radius 1 is 1.11 bits per heavy atom. The van der Waals surface area contributed by atoms with Crippen molar-refractivity contribution in [1.29, 1.82) is 0 Å². The van der Waals surface area contributed by atoms with Crippen molar-refractivity contribution < 1.29 is 9.53 Å². The molecule has 0 unspecified atom stereocenters. The van der Waals surface area contributed by atoms with Gasteiger partial charge in [-0.25, -0.2) is 0 Å². The van der Waals surface area contributed by atoms with E-state index in [1.54, 1.807) is 18.3 Å². The van der Waals surface area contributed by atoms with Gasteiger partial charge in [-0.15, -0.1) is 24.8 Å². The van der Waals surface area contributed by atoms with Crippen LogP contribution in [0.25, 0.3) is 0 Å². The lowest BCUT2D eigenvalue weighted by molar-refractivity contribution is -0.120. The van der Waals surface area contributed by atoms with E-state index in [9.17, 15) is 4.79 Å². The van der Waals surface area contributed by atoms with Gasteiger partial charge in [0.2, 0.25) is 5.91 Å². The summed E-state index contributed by atoms with van der Waals surface area (Å²) in [4.78, 5) is 18.7. The Labute approximate surface area is 172 Å². The Morgan fingerprint density at radius 3 is 2.48 bits per heavy atom. The monoisotopic (exact) mass is 412 g/mol. The van der Waals surface area contributed by atoms with Gasteiger partial charge in [-0.3, -0.25) is 14.7 Å². The molecule has 1 saturated heterocycles. The summed E-state index contributed by atoms with van der Waals surface area (Å²) in [6.45, 7) is 4.87. The van der Waals surface area contributed by atoms with E-state index >= 15 is 0 Å². The molecule has 1 amide bonds. The second kappa shape index (κ2) is 11.8. The fraction of sp³-hybridized carbons (Fsp3) is 0.368. The van der Waals surface area contributed by atoms with Crippen LogP contribution in [0.1, 0.15) is 16.8 Å². The Balaban J connectivity index is 0.00000182. The highest BCUT2D eigenvalue weighted by atomic mass is 35.5. The van der Waals surface area contributed by atoms with Gasteiger partial charge >= 0.3 is 0 Å². The molecule has 27 heavy (non-hydrogen) atoms. The molecule has 2 heterocycles. The molecule has 1 aromatic carbocycles. The lowest BCUT2D eigenvalue weighted by atomic mass is 10.1. The molecule has 0 atom stereocenters. The van der Waals surface area contributed by atoms with Gasteiger partial charge in [0.15, 0.2) is 0 Å². The summed E-state index contributed by atoms with van der Waals surface area (Å²) in [7, 11) is 0. The SMILES string of the molecule is Cl.Cl.Nc1ccc(CC(=O)NCc2ccccc2CN2CCOCC2)nc1. The third-order valence-electron chi connectivity index (χ3n) is 4.28. The van der Waals surface area contributed by atoms with Crippen molar-refractivity contribution in [2.45, 2.75) is 19.5 Å². The first-order chi connectivity index (χ1) is 12.2. The first kappa shape index (κ1) is 23.2. The van der Waals surface area contributed by atoms with E-state index < -0.39 is 0 Å². The number of hydrogen-bond donors (Lipinski definition) is 2. The summed E-state index contributed by atoms with van der Waals surface area (Å²) in [6.07, 6.45) is 1.83. The minimum Gasteiger partial charge on any atom is -0.397 e. The van der Waals surface area contributed by atoms with Crippen molar-refractivity contribution in [3.63, 3.8) is 0 Å². The number of carbonyl (C=O) groups is 1. The van der Waals surface area contributed by atoms with Crippen LogP contribution in [0.5, 0.6) is 0 Å². The van der Waals surface area contributed by atoms with Crippen molar-refractivity contribution in [2.75, 3.05) is 32.0 Å². The van der Waals surface area contributed by atoms with Crippen LogP contribution in [0.15, 0.2) is 42.6 Å². The fourth-order valence-corrected chi connectivity index (χ4v) is 2.85. The number of benzene rings is 1. The Morgan fingerprint density at radius 2 is 1.81 bits per heavy atom. The molecular weight excluding hydrogens is 387 g/mol. The van der Waals surface area contributed by atoms with E-state index in [2.05, 4.69) is 27.3 Å². The first-order valence-electron chi connectivity index (χ1n) is 8.55. The summed E-state index contributed by atoms with van der Waals surface area (Å²) in [6, 6.07) is 11.8. The zero-order chi connectivity index (χ0) is 17.5. The van der Waals surface area contributed by atoms with Crippen molar-refractivity contribution in [2.24, 2.45) is 0 Å². The van der Waals surface area contributed by atoms with E-state index in [4.69, 9.17) is 10.5 Å². The molecule has 3 rings (SSSR count). The zero-order valence-electron chi connectivity index (χ0n) is 15.1. The van der Waals surface area contributed by atoms with Gasteiger partial charge in [-0.1, -0.05) is 24.3 Å². The molecule has 1 aromatic heterocycles. The van der Waals surface area contributed by atoms with Crippen LogP contribution in [0.4, 0.5) is 5.69 Å². The number of aromatic nitrogens is 1. The highest BCUT2D eigenvalue weighted by molar-refractivity contribution is 5.85. The van der Waals surface area contributed by atoms with Crippen LogP contribution in [-0.2, 0) is 29.0 Å². The number of nitrogens with zero attached hydrogens (tertiary/aromatic N) is 2. The lowest BCUT2D eigenvalue weighted by Crippen LogP contribution is -2.36. The predicted octanol–water partition coefficient (Wildman–Crippen LogP) is 2.20. The molecule has 0 saturated carbocycles. The van der Waals surface area contributed by atoms with Gasteiger partial charge in [0.05, 0.1) is 31.5 Å². The smallest absolute Gasteiger partial charge is 0.226 e. The van der Waals surface area contributed by atoms with Crippen LogP contribution in [-0.4, -0.2) is 42.1 Å². The number of hydrogen-bond acceptors (Lipinski definition) is 5. The third kappa shape index (κ3) is 7.34. The second-order valence-corrected chi connectivity index (χ2v) is 6.19. The van der Waals surface area contributed by atoms with Crippen molar-refractivity contribution in [1.82, 2.24) is 15.2 Å².